The minimum atomic E-state index is -0.0744. The van der Waals surface area contributed by atoms with Crippen LogP contribution in [0, 0.1) is 0 Å². The number of likely N-dealkylation sites (tertiary alicyclic amines) is 1. The van der Waals surface area contributed by atoms with Gasteiger partial charge in [0.25, 0.3) is 5.91 Å². The van der Waals surface area contributed by atoms with Gasteiger partial charge < -0.3 is 14.5 Å². The molecule has 1 N–H and O–H groups in total. The Morgan fingerprint density at radius 1 is 1.46 bits per heavy atom. The normalized spacial score (nSPS) is 17.8. The second-order valence-corrected chi connectivity index (χ2v) is 6.06. The van der Waals surface area contributed by atoms with Crippen molar-refractivity contribution >= 4 is 5.91 Å². The van der Waals surface area contributed by atoms with Crippen molar-refractivity contribution in [3.05, 3.63) is 48.0 Å². The summed E-state index contributed by atoms with van der Waals surface area (Å²) in [6.07, 6.45) is 6.77. The molecule has 1 aliphatic heterocycles. The van der Waals surface area contributed by atoms with E-state index in [1.165, 1.54) is 12.5 Å². The summed E-state index contributed by atoms with van der Waals surface area (Å²) in [6.45, 7) is 5.40. The molecule has 1 saturated heterocycles. The third kappa shape index (κ3) is 4.35. The minimum Gasteiger partial charge on any atom is -0.478 e. The lowest BCUT2D eigenvalue weighted by Gasteiger charge is -2.16. The molecule has 0 bridgehead atoms. The smallest absolute Gasteiger partial charge is 0.254 e. The highest BCUT2D eigenvalue weighted by atomic mass is 16.5. The average molecular weight is 329 g/mol. The highest BCUT2D eigenvalue weighted by Gasteiger charge is 2.24. The van der Waals surface area contributed by atoms with E-state index in [0.29, 0.717) is 18.1 Å². The van der Waals surface area contributed by atoms with Crippen LogP contribution in [0.15, 0.2) is 41.3 Å². The predicted octanol–water partition coefficient (Wildman–Crippen LogP) is 2.47. The van der Waals surface area contributed by atoms with Crippen LogP contribution in [0.25, 0.3) is 0 Å². The van der Waals surface area contributed by atoms with Crippen molar-refractivity contribution in [3.63, 3.8) is 0 Å². The van der Waals surface area contributed by atoms with E-state index in [9.17, 15) is 4.79 Å². The Labute approximate surface area is 141 Å². The molecule has 128 valence electrons. The molecule has 1 aliphatic rings. The number of nitrogens with one attached hydrogen (secondary N) is 1. The first-order valence-electron chi connectivity index (χ1n) is 8.37. The first kappa shape index (κ1) is 16.5. The monoisotopic (exact) mass is 329 g/mol. The maximum Gasteiger partial charge on any atom is 0.254 e. The standard InChI is InChI=1S/C18H23N3O3/c1-2-8-24-17-4-3-14(10-19-17)11-21-7-5-16(12-21)20-18(22)15-6-9-23-13-15/h3-4,6,9-10,13,16H,2,5,7-8,11-12H2,1H3,(H,20,22). The van der Waals surface area contributed by atoms with Gasteiger partial charge in [0.05, 0.1) is 18.4 Å². The van der Waals surface area contributed by atoms with Gasteiger partial charge >= 0.3 is 0 Å². The SMILES string of the molecule is CCCOc1ccc(CN2CCC(NC(=O)c3ccoc3)C2)cn1. The van der Waals surface area contributed by atoms with Crippen LogP contribution in [0.2, 0.25) is 0 Å². The zero-order chi connectivity index (χ0) is 16.8. The summed E-state index contributed by atoms with van der Waals surface area (Å²) in [4.78, 5) is 18.7. The third-order valence-electron chi connectivity index (χ3n) is 4.05. The number of aromatic nitrogens is 1. The van der Waals surface area contributed by atoms with Crippen LogP contribution in [0.3, 0.4) is 0 Å². The van der Waals surface area contributed by atoms with Crippen molar-refractivity contribution in [1.29, 1.82) is 0 Å². The molecule has 2 aromatic rings. The molecule has 1 amide bonds. The summed E-state index contributed by atoms with van der Waals surface area (Å²) in [7, 11) is 0. The van der Waals surface area contributed by atoms with Crippen molar-refractivity contribution in [1.82, 2.24) is 15.2 Å². The second kappa shape index (κ2) is 7.97. The summed E-state index contributed by atoms with van der Waals surface area (Å²) in [5, 5.41) is 3.05. The quantitative estimate of drug-likeness (QED) is 0.845. The van der Waals surface area contributed by atoms with Gasteiger partial charge in [0.1, 0.15) is 6.26 Å². The van der Waals surface area contributed by atoms with Gasteiger partial charge in [0.2, 0.25) is 5.88 Å². The van der Waals surface area contributed by atoms with Crippen molar-refractivity contribution in [2.24, 2.45) is 0 Å². The van der Waals surface area contributed by atoms with Gasteiger partial charge in [-0.1, -0.05) is 13.0 Å². The first-order chi connectivity index (χ1) is 11.7. The summed E-state index contributed by atoms with van der Waals surface area (Å²) >= 11 is 0. The highest BCUT2D eigenvalue weighted by molar-refractivity contribution is 5.93. The summed E-state index contributed by atoms with van der Waals surface area (Å²) in [5.41, 5.74) is 1.72. The number of amides is 1. The van der Waals surface area contributed by atoms with Crippen LogP contribution in [-0.4, -0.2) is 41.5 Å². The van der Waals surface area contributed by atoms with Gasteiger partial charge in [0, 0.05) is 37.9 Å². The summed E-state index contributed by atoms with van der Waals surface area (Å²) in [5.74, 6) is 0.599. The number of rotatable bonds is 7. The maximum absolute atomic E-state index is 12.0. The number of ether oxygens (including phenoxy) is 1. The van der Waals surface area contributed by atoms with E-state index >= 15 is 0 Å². The number of nitrogens with zero attached hydrogens (tertiary/aromatic N) is 2. The van der Waals surface area contributed by atoms with Crippen molar-refractivity contribution in [2.45, 2.75) is 32.4 Å². The molecule has 1 fully saturated rings. The minimum absolute atomic E-state index is 0.0744. The molecule has 6 nitrogen and oxygen atoms in total. The lowest BCUT2D eigenvalue weighted by atomic mass is 10.2. The topological polar surface area (TPSA) is 67.6 Å². The summed E-state index contributed by atoms with van der Waals surface area (Å²) in [6, 6.07) is 5.82. The van der Waals surface area contributed by atoms with Crippen LogP contribution in [0.4, 0.5) is 0 Å². The van der Waals surface area contributed by atoms with E-state index in [1.807, 2.05) is 12.3 Å². The Morgan fingerprint density at radius 3 is 3.08 bits per heavy atom. The lowest BCUT2D eigenvalue weighted by molar-refractivity contribution is 0.0937. The average Bonchev–Trinajstić information content (AvgIpc) is 3.26. The molecule has 0 saturated carbocycles. The Kier molecular flexibility index (Phi) is 5.48. The molecule has 1 atom stereocenters. The second-order valence-electron chi connectivity index (χ2n) is 6.06. The van der Waals surface area contributed by atoms with Gasteiger partial charge in [-0.3, -0.25) is 9.69 Å². The lowest BCUT2D eigenvalue weighted by Crippen LogP contribution is -2.36. The number of carbonyl (C=O) groups excluding carboxylic acids is 1. The Balaban J connectivity index is 1.46. The van der Waals surface area contributed by atoms with E-state index in [1.54, 1.807) is 6.07 Å². The van der Waals surface area contributed by atoms with E-state index in [-0.39, 0.29) is 11.9 Å². The first-order valence-corrected chi connectivity index (χ1v) is 8.37. The summed E-state index contributed by atoms with van der Waals surface area (Å²) < 4.78 is 10.4. The molecule has 0 radical (unpaired) electrons. The van der Waals surface area contributed by atoms with Gasteiger partial charge in [-0.25, -0.2) is 4.98 Å². The molecule has 0 aromatic carbocycles. The van der Waals surface area contributed by atoms with Gasteiger partial charge in [-0.15, -0.1) is 0 Å². The van der Waals surface area contributed by atoms with Crippen LogP contribution in [-0.2, 0) is 6.54 Å². The van der Waals surface area contributed by atoms with Crippen molar-refractivity contribution < 1.29 is 13.9 Å². The molecule has 0 aliphatic carbocycles. The van der Waals surface area contributed by atoms with E-state index in [4.69, 9.17) is 9.15 Å². The fraction of sp³-hybridized carbons (Fsp3) is 0.444. The molecule has 6 heteroatoms. The Morgan fingerprint density at radius 2 is 2.38 bits per heavy atom. The van der Waals surface area contributed by atoms with Crippen LogP contribution >= 0.6 is 0 Å². The van der Waals surface area contributed by atoms with Crippen LogP contribution in [0.5, 0.6) is 5.88 Å². The van der Waals surface area contributed by atoms with E-state index in [2.05, 4.69) is 28.2 Å². The largest absolute Gasteiger partial charge is 0.478 e. The van der Waals surface area contributed by atoms with Crippen LogP contribution in [0.1, 0.15) is 35.7 Å². The maximum atomic E-state index is 12.0. The number of hydrogen-bond donors (Lipinski definition) is 1. The predicted molar refractivity (Wildman–Crippen MR) is 89.9 cm³/mol. The molecule has 0 spiro atoms. The number of carbonyl (C=O) groups is 1. The molecule has 3 heterocycles. The molecule has 2 aromatic heterocycles. The number of pyridine rings is 1. The Hall–Kier alpha value is -2.34. The zero-order valence-electron chi connectivity index (χ0n) is 13.9. The van der Waals surface area contributed by atoms with Gasteiger partial charge in [-0.2, -0.15) is 0 Å². The van der Waals surface area contributed by atoms with Crippen molar-refractivity contribution in [2.75, 3.05) is 19.7 Å². The molecular formula is C18H23N3O3. The third-order valence-corrected chi connectivity index (χ3v) is 4.05. The van der Waals surface area contributed by atoms with E-state index in [0.717, 1.165) is 38.0 Å². The van der Waals surface area contributed by atoms with E-state index < -0.39 is 0 Å². The van der Waals surface area contributed by atoms with Crippen LogP contribution < -0.4 is 10.1 Å². The fourth-order valence-electron chi connectivity index (χ4n) is 2.81. The number of hydrogen-bond acceptors (Lipinski definition) is 5. The number of furan rings is 1. The van der Waals surface area contributed by atoms with Gasteiger partial charge in [-0.05, 0) is 24.5 Å². The zero-order valence-corrected chi connectivity index (χ0v) is 13.9. The Bertz CT molecular complexity index is 640. The highest BCUT2D eigenvalue weighted by Crippen LogP contribution is 2.15. The molecule has 3 rings (SSSR count). The molecule has 1 unspecified atom stereocenters. The molecular weight excluding hydrogens is 306 g/mol. The van der Waals surface area contributed by atoms with Crippen molar-refractivity contribution in [3.8, 4) is 5.88 Å². The molecule has 24 heavy (non-hydrogen) atoms. The van der Waals surface area contributed by atoms with Gasteiger partial charge in [0.15, 0.2) is 0 Å². The fourth-order valence-corrected chi connectivity index (χ4v) is 2.81.